The molecular weight excluding hydrogens is 261 g/mol. The zero-order valence-electron chi connectivity index (χ0n) is 9.58. The van der Waals surface area contributed by atoms with Gasteiger partial charge in [-0.2, -0.15) is 13.2 Å². The molecule has 6 heteroatoms. The third-order valence-electron chi connectivity index (χ3n) is 2.32. The van der Waals surface area contributed by atoms with E-state index in [0.29, 0.717) is 28.5 Å². The summed E-state index contributed by atoms with van der Waals surface area (Å²) < 4.78 is 38.0. The Morgan fingerprint density at radius 2 is 1.89 bits per heavy atom. The molecule has 2 rings (SSSR count). The Hall–Kier alpha value is -1.40. The highest BCUT2D eigenvalue weighted by molar-refractivity contribution is 7.15. The molecule has 0 radical (unpaired) electrons. The van der Waals surface area contributed by atoms with E-state index in [-0.39, 0.29) is 0 Å². The lowest BCUT2D eigenvalue weighted by Crippen LogP contribution is -2.08. The molecule has 96 valence electrons. The van der Waals surface area contributed by atoms with E-state index in [2.05, 4.69) is 10.3 Å². The van der Waals surface area contributed by atoms with Crippen LogP contribution in [0.1, 0.15) is 10.7 Å². The van der Waals surface area contributed by atoms with Crippen molar-refractivity contribution in [1.29, 1.82) is 0 Å². The first-order valence-electron chi connectivity index (χ1n) is 5.29. The number of hydrogen-bond donors (Lipinski definition) is 1. The van der Waals surface area contributed by atoms with Crippen LogP contribution in [-0.2, 0) is 12.7 Å². The van der Waals surface area contributed by atoms with Crippen molar-refractivity contribution >= 4 is 11.3 Å². The van der Waals surface area contributed by atoms with Gasteiger partial charge in [0.05, 0.1) is 10.6 Å². The molecule has 0 bridgehead atoms. The summed E-state index contributed by atoms with van der Waals surface area (Å²) in [5.41, 5.74) is 1.19. The Morgan fingerprint density at radius 3 is 2.44 bits per heavy atom. The Kier molecular flexibility index (Phi) is 3.68. The fourth-order valence-corrected chi connectivity index (χ4v) is 2.53. The molecule has 2 nitrogen and oxygen atoms in total. The first kappa shape index (κ1) is 13.0. The molecule has 0 aliphatic heterocycles. The Balaban J connectivity index is 2.49. The summed E-state index contributed by atoms with van der Waals surface area (Å²) in [6.07, 6.45) is -4.39. The van der Waals surface area contributed by atoms with Gasteiger partial charge in [-0.3, -0.25) is 0 Å². The number of nitrogens with one attached hydrogen (secondary N) is 1. The van der Waals surface area contributed by atoms with Crippen LogP contribution >= 0.6 is 11.3 Å². The summed E-state index contributed by atoms with van der Waals surface area (Å²) in [6.45, 7) is 0.316. The molecule has 2 aromatic rings. The Bertz CT molecular complexity index is 520. The minimum absolute atomic E-state index is 0.316. The molecule has 0 fully saturated rings. The molecule has 1 aromatic heterocycles. The first-order valence-corrected chi connectivity index (χ1v) is 6.11. The van der Waals surface area contributed by atoms with Crippen LogP contribution in [-0.4, -0.2) is 12.0 Å². The van der Waals surface area contributed by atoms with Crippen LogP contribution < -0.4 is 5.32 Å². The molecule has 0 saturated carbocycles. The van der Waals surface area contributed by atoms with Crippen LogP contribution in [0.15, 0.2) is 30.3 Å². The molecule has 0 saturated heterocycles. The van der Waals surface area contributed by atoms with E-state index in [4.69, 9.17) is 0 Å². The lowest BCUT2D eigenvalue weighted by molar-refractivity contribution is -0.137. The van der Waals surface area contributed by atoms with Gasteiger partial charge in [0.15, 0.2) is 5.01 Å². The van der Waals surface area contributed by atoms with Gasteiger partial charge >= 0.3 is 6.18 Å². The van der Waals surface area contributed by atoms with E-state index < -0.39 is 11.2 Å². The third-order valence-corrected chi connectivity index (χ3v) is 3.51. The van der Waals surface area contributed by atoms with Gasteiger partial charge in [0, 0.05) is 6.54 Å². The van der Waals surface area contributed by atoms with E-state index in [0.717, 1.165) is 5.56 Å². The predicted octanol–water partition coefficient (Wildman–Crippen LogP) is 3.55. The number of alkyl halides is 3. The van der Waals surface area contributed by atoms with Crippen molar-refractivity contribution in [2.24, 2.45) is 0 Å². The van der Waals surface area contributed by atoms with Crippen molar-refractivity contribution in [3.63, 3.8) is 0 Å². The fourth-order valence-electron chi connectivity index (χ4n) is 1.58. The zero-order valence-corrected chi connectivity index (χ0v) is 10.4. The van der Waals surface area contributed by atoms with Crippen LogP contribution in [0.25, 0.3) is 10.4 Å². The van der Waals surface area contributed by atoms with E-state index in [1.54, 1.807) is 31.3 Å². The first-order chi connectivity index (χ1) is 8.52. The number of nitrogens with zero attached hydrogens (tertiary/aromatic N) is 1. The average molecular weight is 272 g/mol. The highest BCUT2D eigenvalue weighted by Gasteiger charge is 2.36. The van der Waals surface area contributed by atoms with Crippen molar-refractivity contribution in [3.8, 4) is 10.4 Å². The lowest BCUT2D eigenvalue weighted by Gasteiger charge is -2.00. The number of rotatable bonds is 3. The molecule has 1 N–H and O–H groups in total. The van der Waals surface area contributed by atoms with Gasteiger partial charge in [-0.05, 0) is 12.6 Å². The summed E-state index contributed by atoms with van der Waals surface area (Å²) >= 11 is 0.683. The van der Waals surface area contributed by atoms with Crippen LogP contribution in [0.4, 0.5) is 13.2 Å². The lowest BCUT2D eigenvalue weighted by atomic mass is 10.1. The summed E-state index contributed by atoms with van der Waals surface area (Å²) in [7, 11) is 1.68. The summed E-state index contributed by atoms with van der Waals surface area (Å²) in [4.78, 5) is 4.25. The standard InChI is InChI=1S/C12H11F3N2S/c1-16-7-9-10(8-5-3-2-4-6-8)18-11(17-9)12(13,14)15/h2-6,16H,7H2,1H3. The van der Waals surface area contributed by atoms with Gasteiger partial charge in [0.1, 0.15) is 0 Å². The minimum Gasteiger partial charge on any atom is -0.314 e. The molecule has 0 spiro atoms. The van der Waals surface area contributed by atoms with Crippen molar-refractivity contribution < 1.29 is 13.2 Å². The zero-order chi connectivity index (χ0) is 13.2. The molecule has 0 aliphatic carbocycles. The number of hydrogen-bond acceptors (Lipinski definition) is 3. The van der Waals surface area contributed by atoms with Crippen LogP contribution in [0.3, 0.4) is 0 Å². The summed E-state index contributed by atoms with van der Waals surface area (Å²) in [5.74, 6) is 0. The van der Waals surface area contributed by atoms with Crippen molar-refractivity contribution in [3.05, 3.63) is 41.0 Å². The maximum Gasteiger partial charge on any atom is 0.443 e. The summed E-state index contributed by atoms with van der Waals surface area (Å²) in [5, 5.41) is 2.04. The Labute approximate surface area is 106 Å². The molecule has 0 aliphatic rings. The second kappa shape index (κ2) is 5.07. The number of halogens is 3. The fraction of sp³-hybridized carbons (Fsp3) is 0.250. The van der Waals surface area contributed by atoms with Crippen molar-refractivity contribution in [2.45, 2.75) is 12.7 Å². The van der Waals surface area contributed by atoms with E-state index in [1.807, 2.05) is 6.07 Å². The van der Waals surface area contributed by atoms with Crippen molar-refractivity contribution in [1.82, 2.24) is 10.3 Å². The number of aromatic nitrogens is 1. The maximum atomic E-state index is 12.7. The van der Waals surface area contributed by atoms with Crippen LogP contribution in [0.5, 0.6) is 0 Å². The Morgan fingerprint density at radius 1 is 1.22 bits per heavy atom. The smallest absolute Gasteiger partial charge is 0.314 e. The second-order valence-corrected chi connectivity index (χ2v) is 4.69. The van der Waals surface area contributed by atoms with Gasteiger partial charge in [-0.1, -0.05) is 30.3 Å². The third kappa shape index (κ3) is 2.70. The van der Waals surface area contributed by atoms with E-state index in [9.17, 15) is 13.2 Å². The van der Waals surface area contributed by atoms with Gasteiger partial charge < -0.3 is 5.32 Å². The minimum atomic E-state index is -4.39. The van der Waals surface area contributed by atoms with E-state index in [1.165, 1.54) is 0 Å². The molecule has 1 aromatic carbocycles. The molecule has 1 heterocycles. The molecule has 0 unspecified atom stereocenters. The molecular formula is C12H11F3N2S. The van der Waals surface area contributed by atoms with Crippen LogP contribution in [0.2, 0.25) is 0 Å². The number of benzene rings is 1. The van der Waals surface area contributed by atoms with Gasteiger partial charge in [0.2, 0.25) is 0 Å². The highest BCUT2D eigenvalue weighted by atomic mass is 32.1. The second-order valence-electron chi connectivity index (χ2n) is 3.69. The average Bonchev–Trinajstić information content (AvgIpc) is 2.75. The quantitative estimate of drug-likeness (QED) is 0.924. The monoisotopic (exact) mass is 272 g/mol. The highest BCUT2D eigenvalue weighted by Crippen LogP contribution is 2.38. The largest absolute Gasteiger partial charge is 0.443 e. The normalized spacial score (nSPS) is 11.8. The number of thiazole rings is 1. The van der Waals surface area contributed by atoms with E-state index >= 15 is 0 Å². The molecule has 0 atom stereocenters. The predicted molar refractivity (Wildman–Crippen MR) is 65.3 cm³/mol. The van der Waals surface area contributed by atoms with Gasteiger partial charge in [-0.15, -0.1) is 11.3 Å². The van der Waals surface area contributed by atoms with Gasteiger partial charge in [0.25, 0.3) is 0 Å². The van der Waals surface area contributed by atoms with Gasteiger partial charge in [-0.25, -0.2) is 4.98 Å². The topological polar surface area (TPSA) is 24.9 Å². The molecule has 0 amide bonds. The van der Waals surface area contributed by atoms with Crippen LogP contribution in [0, 0.1) is 0 Å². The maximum absolute atomic E-state index is 12.7. The SMILES string of the molecule is CNCc1nc(C(F)(F)F)sc1-c1ccccc1. The molecule has 18 heavy (non-hydrogen) atoms. The summed E-state index contributed by atoms with van der Waals surface area (Å²) in [6, 6.07) is 8.99. The van der Waals surface area contributed by atoms with Crippen molar-refractivity contribution in [2.75, 3.05) is 7.05 Å².